The molecule has 0 heterocycles. The molecule has 0 saturated heterocycles. The molecular formula is C9H6F3NO. The molecule has 2 nitrogen and oxygen atoms in total. The van der Waals surface area contributed by atoms with Crippen molar-refractivity contribution in [2.45, 2.75) is 12.8 Å². The van der Waals surface area contributed by atoms with Crippen LogP contribution < -0.4 is 0 Å². The van der Waals surface area contributed by atoms with Gasteiger partial charge in [-0.3, -0.25) is 0 Å². The van der Waals surface area contributed by atoms with Gasteiger partial charge in [0.2, 0.25) is 0 Å². The number of benzene rings is 1. The number of alkyl halides is 3. The van der Waals surface area contributed by atoms with E-state index in [0.29, 0.717) is 0 Å². The molecule has 0 fully saturated rings. The Morgan fingerprint density at radius 2 is 2.00 bits per heavy atom. The highest BCUT2D eigenvalue weighted by Crippen LogP contribution is 2.33. The summed E-state index contributed by atoms with van der Waals surface area (Å²) in [5.41, 5.74) is -1.48. The Bertz CT molecular complexity index is 379. The van der Waals surface area contributed by atoms with Crippen LogP contribution in [0.1, 0.15) is 16.7 Å². The topological polar surface area (TPSA) is 44.0 Å². The van der Waals surface area contributed by atoms with Crippen LogP contribution in [0.25, 0.3) is 0 Å². The number of nitriles is 1. The fourth-order valence-corrected chi connectivity index (χ4v) is 1.13. The van der Waals surface area contributed by atoms with Crippen molar-refractivity contribution in [1.82, 2.24) is 0 Å². The first-order valence-electron chi connectivity index (χ1n) is 3.70. The standard InChI is InChI=1S/C9H6F3NO/c10-9(11,12)8-3-1-2-6(4-13)7(8)5-14/h1-3,14H,5H2. The van der Waals surface area contributed by atoms with Gasteiger partial charge in [0.1, 0.15) is 0 Å². The Hall–Kier alpha value is -1.54. The Balaban J connectivity index is 3.39. The lowest BCUT2D eigenvalue weighted by molar-refractivity contribution is -0.138. The van der Waals surface area contributed by atoms with Gasteiger partial charge in [-0.2, -0.15) is 18.4 Å². The first-order chi connectivity index (χ1) is 6.50. The van der Waals surface area contributed by atoms with Crippen molar-refractivity contribution in [3.8, 4) is 6.07 Å². The van der Waals surface area contributed by atoms with Crippen LogP contribution in [0.5, 0.6) is 0 Å². The van der Waals surface area contributed by atoms with Gasteiger partial charge in [0.15, 0.2) is 0 Å². The predicted octanol–water partition coefficient (Wildman–Crippen LogP) is 2.07. The van der Waals surface area contributed by atoms with Crippen molar-refractivity contribution in [3.05, 3.63) is 34.9 Å². The second-order valence-corrected chi connectivity index (χ2v) is 2.60. The van der Waals surface area contributed by atoms with Crippen LogP contribution in [0.4, 0.5) is 13.2 Å². The molecule has 0 bridgehead atoms. The smallest absolute Gasteiger partial charge is 0.392 e. The molecule has 5 heteroatoms. The summed E-state index contributed by atoms with van der Waals surface area (Å²) in [4.78, 5) is 0. The van der Waals surface area contributed by atoms with Crippen LogP contribution in [0.15, 0.2) is 18.2 Å². The van der Waals surface area contributed by atoms with Crippen molar-refractivity contribution in [2.75, 3.05) is 0 Å². The molecule has 0 aromatic heterocycles. The molecule has 74 valence electrons. The van der Waals surface area contributed by atoms with Gasteiger partial charge in [-0.1, -0.05) is 6.07 Å². The van der Waals surface area contributed by atoms with Crippen molar-refractivity contribution in [2.24, 2.45) is 0 Å². The second-order valence-electron chi connectivity index (χ2n) is 2.60. The summed E-state index contributed by atoms with van der Waals surface area (Å²) in [5, 5.41) is 17.3. The van der Waals surface area contributed by atoms with Gasteiger partial charge in [-0.15, -0.1) is 0 Å². The molecule has 0 unspecified atom stereocenters. The molecule has 1 N–H and O–H groups in total. The minimum absolute atomic E-state index is 0.151. The predicted molar refractivity (Wildman–Crippen MR) is 42.1 cm³/mol. The molecule has 0 saturated carbocycles. The number of aliphatic hydroxyl groups excluding tert-OH is 1. The lowest BCUT2D eigenvalue weighted by atomic mass is 10.0. The van der Waals surface area contributed by atoms with E-state index in [1.807, 2.05) is 0 Å². The first-order valence-corrected chi connectivity index (χ1v) is 3.70. The van der Waals surface area contributed by atoms with Crippen molar-refractivity contribution in [1.29, 1.82) is 5.26 Å². The maximum atomic E-state index is 12.3. The Kier molecular flexibility index (Phi) is 2.77. The number of hydrogen-bond acceptors (Lipinski definition) is 2. The molecule has 0 aliphatic heterocycles. The normalized spacial score (nSPS) is 11.1. The molecule has 14 heavy (non-hydrogen) atoms. The number of rotatable bonds is 1. The van der Waals surface area contributed by atoms with Gasteiger partial charge in [-0.05, 0) is 12.1 Å². The lowest BCUT2D eigenvalue weighted by Gasteiger charge is -2.11. The first kappa shape index (κ1) is 10.5. The number of nitrogens with zero attached hydrogens (tertiary/aromatic N) is 1. The summed E-state index contributed by atoms with van der Waals surface area (Å²) < 4.78 is 37.0. The molecule has 1 aromatic carbocycles. The summed E-state index contributed by atoms with van der Waals surface area (Å²) in [6.07, 6.45) is -4.54. The van der Waals surface area contributed by atoms with E-state index in [1.54, 1.807) is 6.07 Å². The molecule has 0 aliphatic carbocycles. The van der Waals surface area contributed by atoms with E-state index in [9.17, 15) is 13.2 Å². The van der Waals surface area contributed by atoms with E-state index in [2.05, 4.69) is 0 Å². The zero-order chi connectivity index (χ0) is 10.8. The minimum atomic E-state index is -4.54. The van der Waals surface area contributed by atoms with Crippen molar-refractivity contribution >= 4 is 0 Å². The van der Waals surface area contributed by atoms with Crippen molar-refractivity contribution < 1.29 is 18.3 Å². The summed E-state index contributed by atoms with van der Waals surface area (Å²) in [7, 11) is 0. The molecule has 0 radical (unpaired) electrons. The van der Waals surface area contributed by atoms with Crippen LogP contribution in [-0.2, 0) is 12.8 Å². The molecule has 0 atom stereocenters. The molecule has 0 spiro atoms. The Morgan fingerprint density at radius 1 is 1.36 bits per heavy atom. The van der Waals surface area contributed by atoms with Gasteiger partial charge in [0.05, 0.1) is 23.8 Å². The highest BCUT2D eigenvalue weighted by molar-refractivity contribution is 5.43. The van der Waals surface area contributed by atoms with Crippen LogP contribution in [0.3, 0.4) is 0 Å². The molecule has 0 amide bonds. The zero-order valence-electron chi connectivity index (χ0n) is 6.97. The highest BCUT2D eigenvalue weighted by atomic mass is 19.4. The average Bonchev–Trinajstić information content (AvgIpc) is 2.15. The molecule has 1 aromatic rings. The molecule has 0 aliphatic rings. The number of halogens is 3. The van der Waals surface area contributed by atoms with E-state index in [-0.39, 0.29) is 11.1 Å². The van der Waals surface area contributed by atoms with Crippen molar-refractivity contribution in [3.63, 3.8) is 0 Å². The summed E-state index contributed by atoms with van der Waals surface area (Å²) in [5.74, 6) is 0. The van der Waals surface area contributed by atoms with Gasteiger partial charge in [0.25, 0.3) is 0 Å². The monoisotopic (exact) mass is 201 g/mol. The van der Waals surface area contributed by atoms with Crippen LogP contribution in [-0.4, -0.2) is 5.11 Å². The fourth-order valence-electron chi connectivity index (χ4n) is 1.13. The summed E-state index contributed by atoms with van der Waals surface area (Å²) >= 11 is 0. The minimum Gasteiger partial charge on any atom is -0.392 e. The number of aliphatic hydroxyl groups is 1. The van der Waals surface area contributed by atoms with Crippen LogP contribution in [0.2, 0.25) is 0 Å². The lowest BCUT2D eigenvalue weighted by Crippen LogP contribution is -2.10. The van der Waals surface area contributed by atoms with Crippen LogP contribution >= 0.6 is 0 Å². The third kappa shape index (κ3) is 1.86. The summed E-state index contributed by atoms with van der Waals surface area (Å²) in [6.45, 7) is -0.793. The summed E-state index contributed by atoms with van der Waals surface area (Å²) in [6, 6.07) is 4.81. The average molecular weight is 201 g/mol. The van der Waals surface area contributed by atoms with Gasteiger partial charge in [0, 0.05) is 5.56 Å². The third-order valence-electron chi connectivity index (χ3n) is 1.76. The van der Waals surface area contributed by atoms with Gasteiger partial charge in [-0.25, -0.2) is 0 Å². The molecule has 1 rings (SSSR count). The van der Waals surface area contributed by atoms with E-state index in [4.69, 9.17) is 10.4 Å². The number of hydrogen-bond donors (Lipinski definition) is 1. The fraction of sp³-hybridized carbons (Fsp3) is 0.222. The van der Waals surface area contributed by atoms with E-state index in [0.717, 1.165) is 12.1 Å². The zero-order valence-corrected chi connectivity index (χ0v) is 6.97. The molecular weight excluding hydrogens is 195 g/mol. The highest BCUT2D eigenvalue weighted by Gasteiger charge is 2.33. The maximum Gasteiger partial charge on any atom is 0.416 e. The Labute approximate surface area is 78.2 Å². The van der Waals surface area contributed by atoms with E-state index in [1.165, 1.54) is 6.07 Å². The Morgan fingerprint density at radius 3 is 2.43 bits per heavy atom. The van der Waals surface area contributed by atoms with Crippen LogP contribution in [0, 0.1) is 11.3 Å². The van der Waals surface area contributed by atoms with E-state index < -0.39 is 18.3 Å². The third-order valence-corrected chi connectivity index (χ3v) is 1.76. The maximum absolute atomic E-state index is 12.3. The largest absolute Gasteiger partial charge is 0.416 e. The SMILES string of the molecule is N#Cc1cccc(C(F)(F)F)c1CO. The van der Waals surface area contributed by atoms with Gasteiger partial charge < -0.3 is 5.11 Å². The quantitative estimate of drug-likeness (QED) is 0.755. The second kappa shape index (κ2) is 3.68. The van der Waals surface area contributed by atoms with E-state index >= 15 is 0 Å². The van der Waals surface area contributed by atoms with Gasteiger partial charge >= 0.3 is 6.18 Å².